The Labute approximate surface area is 144 Å². The Morgan fingerprint density at radius 2 is 1.83 bits per heavy atom. The van der Waals surface area contributed by atoms with Gasteiger partial charge in [-0.3, -0.25) is 4.99 Å². The zero-order valence-electron chi connectivity index (χ0n) is 14.7. The zero-order chi connectivity index (χ0) is 17.7. The van der Waals surface area contributed by atoms with Crippen molar-refractivity contribution in [2.75, 3.05) is 0 Å². The maximum Gasteiger partial charge on any atom is 0.157 e. The average molecular weight is 323 g/mol. The molecule has 0 fully saturated rings. The summed E-state index contributed by atoms with van der Waals surface area (Å²) in [6.45, 7) is 8.15. The van der Waals surface area contributed by atoms with Crippen LogP contribution in [0.15, 0.2) is 53.2 Å². The minimum atomic E-state index is -0.0973. The van der Waals surface area contributed by atoms with Crippen LogP contribution in [-0.2, 0) is 6.42 Å². The number of allylic oxidation sites excluding steroid dienone is 2. The number of hydrogen-bond acceptors (Lipinski definition) is 3. The molecule has 0 saturated carbocycles. The summed E-state index contributed by atoms with van der Waals surface area (Å²) in [5, 5.41) is 19.3. The molecule has 0 aliphatic carbocycles. The van der Waals surface area contributed by atoms with Gasteiger partial charge >= 0.3 is 0 Å². The molecule has 2 aromatic rings. The Kier molecular flexibility index (Phi) is 5.80. The first-order chi connectivity index (χ1) is 11.5. The van der Waals surface area contributed by atoms with Crippen LogP contribution in [0.2, 0.25) is 0 Å². The highest BCUT2D eigenvalue weighted by atomic mass is 16.3. The Morgan fingerprint density at radius 1 is 1.08 bits per heavy atom. The van der Waals surface area contributed by atoms with E-state index in [4.69, 9.17) is 0 Å². The molecule has 0 bridgehead atoms. The summed E-state index contributed by atoms with van der Waals surface area (Å²) in [5.41, 5.74) is 5.71. The lowest BCUT2D eigenvalue weighted by molar-refractivity contribution is 0.403. The van der Waals surface area contributed by atoms with Crippen LogP contribution in [-0.4, -0.2) is 16.4 Å². The van der Waals surface area contributed by atoms with Gasteiger partial charge in [0.2, 0.25) is 0 Å². The molecule has 1 atom stereocenters. The van der Waals surface area contributed by atoms with Gasteiger partial charge in [-0.25, -0.2) is 0 Å². The number of hydrogen-bond donors (Lipinski definition) is 2. The monoisotopic (exact) mass is 323 g/mol. The summed E-state index contributed by atoms with van der Waals surface area (Å²) < 4.78 is 0. The van der Waals surface area contributed by atoms with Crippen molar-refractivity contribution in [1.29, 1.82) is 0 Å². The maximum atomic E-state index is 9.79. The number of phenols is 2. The predicted molar refractivity (Wildman–Crippen MR) is 100 cm³/mol. The molecule has 126 valence electrons. The highest BCUT2D eigenvalue weighted by molar-refractivity contribution is 5.56. The second-order valence-corrected chi connectivity index (χ2v) is 5.97. The van der Waals surface area contributed by atoms with Crippen molar-refractivity contribution in [3.8, 4) is 11.5 Å². The van der Waals surface area contributed by atoms with E-state index in [9.17, 15) is 10.2 Å². The summed E-state index contributed by atoms with van der Waals surface area (Å²) in [6.07, 6.45) is 4.55. The highest BCUT2D eigenvalue weighted by Crippen LogP contribution is 2.34. The quantitative estimate of drug-likeness (QED) is 0.598. The lowest BCUT2D eigenvalue weighted by atomic mass is 9.85. The fourth-order valence-corrected chi connectivity index (χ4v) is 2.97. The van der Waals surface area contributed by atoms with E-state index in [0.29, 0.717) is 6.42 Å². The van der Waals surface area contributed by atoms with Crippen molar-refractivity contribution in [2.45, 2.75) is 40.0 Å². The molecule has 3 nitrogen and oxygen atoms in total. The zero-order valence-corrected chi connectivity index (χ0v) is 14.7. The first-order valence-electron chi connectivity index (χ1n) is 8.19. The molecule has 0 aliphatic rings. The van der Waals surface area contributed by atoms with Gasteiger partial charge in [0.05, 0.1) is 0 Å². The molecule has 0 spiro atoms. The normalized spacial score (nSPS) is 13.4. The summed E-state index contributed by atoms with van der Waals surface area (Å²) >= 11 is 0. The minimum absolute atomic E-state index is 0.0896. The van der Waals surface area contributed by atoms with E-state index < -0.39 is 0 Å². The largest absolute Gasteiger partial charge is 0.504 e. The van der Waals surface area contributed by atoms with Crippen LogP contribution in [0.5, 0.6) is 11.5 Å². The van der Waals surface area contributed by atoms with Crippen molar-refractivity contribution in [1.82, 2.24) is 0 Å². The van der Waals surface area contributed by atoms with Gasteiger partial charge < -0.3 is 10.2 Å². The molecule has 0 aromatic heterocycles. The number of benzene rings is 2. The van der Waals surface area contributed by atoms with Crippen LogP contribution in [0.25, 0.3) is 0 Å². The number of aromatic hydroxyl groups is 2. The van der Waals surface area contributed by atoms with E-state index in [1.54, 1.807) is 6.07 Å². The number of phenolic OH excluding ortho intramolecular Hbond substituents is 2. The van der Waals surface area contributed by atoms with Crippen LogP contribution in [0.1, 0.15) is 42.0 Å². The third-order valence-electron chi connectivity index (χ3n) is 4.43. The van der Waals surface area contributed by atoms with Gasteiger partial charge in [0.1, 0.15) is 0 Å². The van der Waals surface area contributed by atoms with Crippen LogP contribution >= 0.6 is 0 Å². The summed E-state index contributed by atoms with van der Waals surface area (Å²) in [7, 11) is 0. The fourth-order valence-electron chi connectivity index (χ4n) is 2.97. The molecular weight excluding hydrogens is 298 g/mol. The van der Waals surface area contributed by atoms with Gasteiger partial charge in [-0.1, -0.05) is 30.3 Å². The van der Waals surface area contributed by atoms with Crippen molar-refractivity contribution in [3.05, 3.63) is 70.4 Å². The van der Waals surface area contributed by atoms with Gasteiger partial charge in [0.15, 0.2) is 11.5 Å². The minimum Gasteiger partial charge on any atom is -0.504 e. The van der Waals surface area contributed by atoms with Crippen LogP contribution in [0.4, 0.5) is 0 Å². The Morgan fingerprint density at radius 3 is 2.46 bits per heavy atom. The SMILES string of the molecule is CC=N/C(=C\C)C(Cc1ccc(O)c(O)c1)c1cccc(C)c1C. The van der Waals surface area contributed by atoms with E-state index in [2.05, 4.69) is 37.0 Å². The number of rotatable bonds is 5. The highest BCUT2D eigenvalue weighted by Gasteiger charge is 2.19. The summed E-state index contributed by atoms with van der Waals surface area (Å²) in [4.78, 5) is 4.55. The van der Waals surface area contributed by atoms with Gasteiger partial charge in [-0.15, -0.1) is 0 Å². The van der Waals surface area contributed by atoms with E-state index in [1.807, 2.05) is 32.2 Å². The second-order valence-electron chi connectivity index (χ2n) is 5.97. The molecule has 0 saturated heterocycles. The first-order valence-corrected chi connectivity index (χ1v) is 8.19. The summed E-state index contributed by atoms with van der Waals surface area (Å²) in [5.74, 6) is -0.0943. The van der Waals surface area contributed by atoms with Gasteiger partial charge in [-0.2, -0.15) is 0 Å². The van der Waals surface area contributed by atoms with Gasteiger partial charge in [0.25, 0.3) is 0 Å². The molecule has 0 amide bonds. The number of aryl methyl sites for hydroxylation is 1. The third-order valence-corrected chi connectivity index (χ3v) is 4.43. The molecule has 3 heteroatoms. The van der Waals surface area contributed by atoms with Crippen molar-refractivity contribution < 1.29 is 10.2 Å². The molecule has 0 heterocycles. The fraction of sp³-hybridized carbons (Fsp3) is 0.286. The van der Waals surface area contributed by atoms with Crippen LogP contribution < -0.4 is 0 Å². The lowest BCUT2D eigenvalue weighted by Gasteiger charge is -2.21. The first kappa shape index (κ1) is 17.8. The molecule has 2 rings (SSSR count). The van der Waals surface area contributed by atoms with Gasteiger partial charge in [-0.05, 0) is 68.5 Å². The molecular formula is C21H25NO2. The Bertz CT molecular complexity index is 775. The predicted octanol–water partition coefficient (Wildman–Crippen LogP) is 5.04. The molecule has 0 aliphatic heterocycles. The Hall–Kier alpha value is -2.55. The molecule has 1 unspecified atom stereocenters. The number of aliphatic imine (C=N–C) groups is 1. The van der Waals surface area contributed by atoms with Crippen LogP contribution in [0.3, 0.4) is 0 Å². The van der Waals surface area contributed by atoms with Crippen molar-refractivity contribution >= 4 is 6.21 Å². The molecule has 2 aromatic carbocycles. The maximum absolute atomic E-state index is 9.79. The topological polar surface area (TPSA) is 52.8 Å². The molecule has 2 N–H and O–H groups in total. The Balaban J connectivity index is 2.50. The second kappa shape index (κ2) is 7.82. The lowest BCUT2D eigenvalue weighted by Crippen LogP contribution is -2.08. The standard InChI is InChI=1S/C21H25NO2/c1-5-19(22-6-2)18(17-9-7-8-14(3)15(17)4)12-16-10-11-20(23)21(24)13-16/h5-11,13,18,23-24H,12H2,1-4H3/b19-5-,22-6?. The van der Waals surface area contributed by atoms with E-state index in [1.165, 1.54) is 22.8 Å². The molecule has 0 radical (unpaired) electrons. The number of nitrogens with zero attached hydrogens (tertiary/aromatic N) is 1. The van der Waals surface area contributed by atoms with E-state index >= 15 is 0 Å². The third kappa shape index (κ3) is 3.85. The van der Waals surface area contributed by atoms with Gasteiger partial charge in [0, 0.05) is 17.8 Å². The average Bonchev–Trinajstić information content (AvgIpc) is 2.57. The van der Waals surface area contributed by atoms with Crippen molar-refractivity contribution in [2.24, 2.45) is 4.99 Å². The smallest absolute Gasteiger partial charge is 0.157 e. The van der Waals surface area contributed by atoms with E-state index in [0.717, 1.165) is 11.3 Å². The molecule has 24 heavy (non-hydrogen) atoms. The van der Waals surface area contributed by atoms with E-state index in [-0.39, 0.29) is 17.4 Å². The summed E-state index contributed by atoms with van der Waals surface area (Å²) in [6, 6.07) is 11.3. The van der Waals surface area contributed by atoms with Crippen molar-refractivity contribution in [3.63, 3.8) is 0 Å². The van der Waals surface area contributed by atoms with Crippen LogP contribution in [0, 0.1) is 13.8 Å².